The van der Waals surface area contributed by atoms with E-state index in [2.05, 4.69) is 5.10 Å². The summed E-state index contributed by atoms with van der Waals surface area (Å²) in [6, 6.07) is 2.62. The maximum atomic E-state index is 13.4. The number of carbonyl (C=O) groups is 1. The Bertz CT molecular complexity index is 582. The summed E-state index contributed by atoms with van der Waals surface area (Å²) in [5.74, 6) is -2.59. The normalized spacial score (nSPS) is 29.2. The van der Waals surface area contributed by atoms with E-state index in [0.717, 1.165) is 0 Å². The van der Waals surface area contributed by atoms with Crippen LogP contribution in [0.15, 0.2) is 27.9 Å². The van der Waals surface area contributed by atoms with E-state index in [-0.39, 0.29) is 22.9 Å². The number of hydrazone groups is 1. The van der Waals surface area contributed by atoms with E-state index < -0.39 is 23.7 Å². The fourth-order valence-electron chi connectivity index (χ4n) is 2.92. The topological polar surface area (TPSA) is 66.0 Å². The summed E-state index contributed by atoms with van der Waals surface area (Å²) in [5, 5.41) is 14.2. The van der Waals surface area contributed by atoms with Crippen LogP contribution in [0, 0.1) is 5.92 Å². The summed E-state index contributed by atoms with van der Waals surface area (Å²) in [4.78, 5) is 12.2. The molecule has 5 nitrogen and oxygen atoms in total. The Morgan fingerprint density at radius 1 is 1.48 bits per heavy atom. The lowest BCUT2D eigenvalue weighted by atomic mass is 9.80. The van der Waals surface area contributed by atoms with E-state index in [1.54, 1.807) is 0 Å². The fraction of sp³-hybridized carbons (Fsp3) is 0.538. The van der Waals surface area contributed by atoms with Crippen molar-refractivity contribution < 1.29 is 27.5 Å². The average molecular weight is 302 g/mol. The van der Waals surface area contributed by atoms with Crippen molar-refractivity contribution in [3.8, 4) is 0 Å². The number of aliphatic hydroxyl groups is 1. The monoisotopic (exact) mass is 302 g/mol. The molecule has 2 aliphatic rings. The van der Waals surface area contributed by atoms with Crippen LogP contribution in [0.25, 0.3) is 0 Å². The molecule has 1 N–H and O–H groups in total. The first-order valence-corrected chi connectivity index (χ1v) is 6.60. The summed E-state index contributed by atoms with van der Waals surface area (Å²) in [7, 11) is 0. The third kappa shape index (κ3) is 1.97. The van der Waals surface area contributed by atoms with Crippen LogP contribution in [0.5, 0.6) is 0 Å². The predicted octanol–water partition coefficient (Wildman–Crippen LogP) is 2.53. The van der Waals surface area contributed by atoms with Gasteiger partial charge in [0.1, 0.15) is 0 Å². The van der Waals surface area contributed by atoms with Gasteiger partial charge in [-0.3, -0.25) is 4.79 Å². The Morgan fingerprint density at radius 2 is 2.24 bits per heavy atom. The van der Waals surface area contributed by atoms with Crippen LogP contribution < -0.4 is 0 Å². The highest BCUT2D eigenvalue weighted by molar-refractivity contribution is 5.97. The van der Waals surface area contributed by atoms with Gasteiger partial charge in [0, 0.05) is 5.71 Å². The molecule has 0 unspecified atom stereocenters. The highest BCUT2D eigenvalue weighted by Gasteiger charge is 2.68. The Balaban J connectivity index is 2.04. The molecule has 1 amide bonds. The minimum atomic E-state index is -5.00. The van der Waals surface area contributed by atoms with E-state index in [1.165, 1.54) is 18.4 Å². The van der Waals surface area contributed by atoms with Gasteiger partial charge in [0.25, 0.3) is 5.72 Å². The first kappa shape index (κ1) is 14.1. The second-order valence-electron chi connectivity index (χ2n) is 5.21. The van der Waals surface area contributed by atoms with Gasteiger partial charge in [-0.05, 0) is 31.4 Å². The molecule has 114 valence electrons. The fourth-order valence-corrected chi connectivity index (χ4v) is 2.92. The maximum absolute atomic E-state index is 13.4. The molecule has 8 heteroatoms. The molecular formula is C13H13F3N2O3. The summed E-state index contributed by atoms with van der Waals surface area (Å²) < 4.78 is 45.1. The van der Waals surface area contributed by atoms with Crippen molar-refractivity contribution in [2.45, 2.75) is 37.6 Å². The predicted molar refractivity (Wildman–Crippen MR) is 65.3 cm³/mol. The molecule has 0 aromatic carbocycles. The smallest absolute Gasteiger partial charge is 0.439 e. The Morgan fingerprint density at radius 3 is 2.86 bits per heavy atom. The lowest BCUT2D eigenvalue weighted by Gasteiger charge is -2.37. The first-order chi connectivity index (χ1) is 9.85. The molecule has 1 aromatic rings. The molecule has 0 bridgehead atoms. The van der Waals surface area contributed by atoms with Crippen molar-refractivity contribution in [1.82, 2.24) is 5.01 Å². The largest absolute Gasteiger partial charge is 0.459 e. The number of hydrogen-bond acceptors (Lipinski definition) is 4. The maximum Gasteiger partial charge on any atom is 0.439 e. The number of hydrogen-bond donors (Lipinski definition) is 1. The molecule has 21 heavy (non-hydrogen) atoms. The van der Waals surface area contributed by atoms with Crippen LogP contribution in [0.2, 0.25) is 0 Å². The quantitative estimate of drug-likeness (QED) is 0.867. The molecule has 0 spiro atoms. The molecule has 1 aliphatic heterocycles. The first-order valence-electron chi connectivity index (χ1n) is 6.60. The third-order valence-electron chi connectivity index (χ3n) is 3.96. The molecule has 0 saturated heterocycles. The molecular weight excluding hydrogens is 289 g/mol. The molecule has 0 radical (unpaired) electrons. The van der Waals surface area contributed by atoms with Gasteiger partial charge in [-0.25, -0.2) is 0 Å². The lowest BCUT2D eigenvalue weighted by Crippen LogP contribution is -2.61. The Kier molecular flexibility index (Phi) is 3.09. The zero-order valence-corrected chi connectivity index (χ0v) is 10.9. The van der Waals surface area contributed by atoms with Gasteiger partial charge in [0.15, 0.2) is 5.76 Å². The van der Waals surface area contributed by atoms with Crippen molar-refractivity contribution in [2.24, 2.45) is 11.0 Å². The van der Waals surface area contributed by atoms with Crippen molar-refractivity contribution in [3.63, 3.8) is 0 Å². The van der Waals surface area contributed by atoms with Crippen LogP contribution in [0.4, 0.5) is 13.2 Å². The van der Waals surface area contributed by atoms with Gasteiger partial charge < -0.3 is 9.52 Å². The summed E-state index contributed by atoms with van der Waals surface area (Å²) >= 11 is 0. The highest BCUT2D eigenvalue weighted by atomic mass is 19.4. The van der Waals surface area contributed by atoms with Gasteiger partial charge in [-0.1, -0.05) is 6.42 Å². The summed E-state index contributed by atoms with van der Waals surface area (Å²) in [5.41, 5.74) is -3.08. The van der Waals surface area contributed by atoms with Gasteiger partial charge >= 0.3 is 12.1 Å². The van der Waals surface area contributed by atoms with E-state index in [0.29, 0.717) is 19.3 Å². The highest BCUT2D eigenvalue weighted by Crippen LogP contribution is 2.48. The van der Waals surface area contributed by atoms with E-state index >= 15 is 0 Å². The van der Waals surface area contributed by atoms with E-state index in [9.17, 15) is 23.1 Å². The minimum absolute atomic E-state index is 0.136. The van der Waals surface area contributed by atoms with Crippen LogP contribution in [-0.2, 0) is 0 Å². The number of nitrogens with zero attached hydrogens (tertiary/aromatic N) is 2. The van der Waals surface area contributed by atoms with Crippen molar-refractivity contribution in [1.29, 1.82) is 0 Å². The zero-order chi connectivity index (χ0) is 15.3. The van der Waals surface area contributed by atoms with Crippen LogP contribution in [0.1, 0.15) is 36.2 Å². The second kappa shape index (κ2) is 4.59. The average Bonchev–Trinajstić information content (AvgIpc) is 3.05. The standard InChI is InChI=1S/C13H13F3N2O3/c14-13(15,16)12(20)8-4-1-2-5-9(8)17-18(12)11(19)10-6-3-7-21-10/h3,6-8,20H,1-2,4-5H2/t8-,12+/m1/s1. The lowest BCUT2D eigenvalue weighted by molar-refractivity contribution is -0.312. The molecule has 3 rings (SSSR count). The molecule has 1 aliphatic carbocycles. The van der Waals surface area contributed by atoms with Crippen molar-refractivity contribution >= 4 is 11.6 Å². The van der Waals surface area contributed by atoms with E-state index in [1.807, 2.05) is 0 Å². The number of rotatable bonds is 1. The Hall–Kier alpha value is -1.83. The van der Waals surface area contributed by atoms with Gasteiger partial charge in [0.05, 0.1) is 12.2 Å². The van der Waals surface area contributed by atoms with Gasteiger partial charge in [-0.15, -0.1) is 0 Å². The number of fused-ring (bicyclic) bond motifs is 1. The van der Waals surface area contributed by atoms with E-state index in [4.69, 9.17) is 4.42 Å². The molecule has 2 atom stereocenters. The van der Waals surface area contributed by atoms with Crippen molar-refractivity contribution in [2.75, 3.05) is 0 Å². The molecule has 1 saturated carbocycles. The Labute approximate surface area is 118 Å². The number of furan rings is 1. The molecule has 1 aromatic heterocycles. The van der Waals surface area contributed by atoms with Crippen LogP contribution in [-0.4, -0.2) is 33.6 Å². The molecule has 1 fully saturated rings. The van der Waals surface area contributed by atoms with Crippen molar-refractivity contribution in [3.05, 3.63) is 24.2 Å². The van der Waals surface area contributed by atoms with Crippen LogP contribution >= 0.6 is 0 Å². The number of amides is 1. The number of halogens is 3. The van der Waals surface area contributed by atoms with Crippen LogP contribution in [0.3, 0.4) is 0 Å². The zero-order valence-electron chi connectivity index (χ0n) is 10.9. The third-order valence-corrected chi connectivity index (χ3v) is 3.96. The minimum Gasteiger partial charge on any atom is -0.459 e. The van der Waals surface area contributed by atoms with Gasteiger partial charge in [-0.2, -0.15) is 23.3 Å². The number of alkyl halides is 3. The summed E-state index contributed by atoms with van der Waals surface area (Å²) in [6.07, 6.45) is -2.06. The summed E-state index contributed by atoms with van der Waals surface area (Å²) in [6.45, 7) is 0. The SMILES string of the molecule is O=C(c1ccco1)N1N=C2CCCC[C@H]2[C@]1(O)C(F)(F)F. The molecule has 2 heterocycles. The second-order valence-corrected chi connectivity index (χ2v) is 5.21. The number of carbonyl (C=O) groups excluding carboxylic acids is 1. The van der Waals surface area contributed by atoms with Gasteiger partial charge in [0.2, 0.25) is 0 Å².